The first-order valence-corrected chi connectivity index (χ1v) is 7.72. The number of methoxy groups -OCH3 is 1. The number of halogens is 1. The van der Waals surface area contributed by atoms with Crippen molar-refractivity contribution in [3.05, 3.63) is 29.8 Å². The molecule has 22 heavy (non-hydrogen) atoms. The topological polar surface area (TPSA) is 50.4 Å². The molecule has 1 atom stereocenters. The molecule has 1 aromatic rings. The van der Waals surface area contributed by atoms with Gasteiger partial charge in [-0.1, -0.05) is 25.0 Å². The minimum absolute atomic E-state index is 0. The molecule has 0 bridgehead atoms. The lowest BCUT2D eigenvalue weighted by Gasteiger charge is -2.29. The Morgan fingerprint density at radius 1 is 1.36 bits per heavy atom. The predicted octanol–water partition coefficient (Wildman–Crippen LogP) is 2.65. The van der Waals surface area contributed by atoms with Gasteiger partial charge in [-0.25, -0.2) is 0 Å². The van der Waals surface area contributed by atoms with Crippen LogP contribution in [0.15, 0.2) is 24.3 Å². The van der Waals surface area contributed by atoms with Gasteiger partial charge in [0, 0.05) is 12.6 Å². The normalized spacial score (nSPS) is 17.4. The number of ether oxygens (including phenoxy) is 1. The van der Waals surface area contributed by atoms with Crippen LogP contribution in [0.5, 0.6) is 5.75 Å². The van der Waals surface area contributed by atoms with Gasteiger partial charge in [-0.05, 0) is 44.5 Å². The summed E-state index contributed by atoms with van der Waals surface area (Å²) in [7, 11) is 3.57. The molecular formula is C17H27ClN2O2. The van der Waals surface area contributed by atoms with Crippen LogP contribution < -0.4 is 15.4 Å². The van der Waals surface area contributed by atoms with Gasteiger partial charge >= 0.3 is 0 Å². The van der Waals surface area contributed by atoms with Crippen LogP contribution in [0.3, 0.4) is 0 Å². The van der Waals surface area contributed by atoms with E-state index < -0.39 is 0 Å². The molecule has 2 rings (SSSR count). The molecule has 1 fully saturated rings. The molecule has 0 aliphatic heterocycles. The Morgan fingerprint density at radius 3 is 2.64 bits per heavy atom. The highest BCUT2D eigenvalue weighted by Gasteiger charge is 2.42. The highest BCUT2D eigenvalue weighted by molar-refractivity contribution is 5.88. The Balaban J connectivity index is 0.00000242. The quantitative estimate of drug-likeness (QED) is 0.845. The van der Waals surface area contributed by atoms with E-state index in [0.717, 1.165) is 37.0 Å². The summed E-state index contributed by atoms with van der Waals surface area (Å²) < 4.78 is 5.31. The third-order valence-corrected chi connectivity index (χ3v) is 4.58. The summed E-state index contributed by atoms with van der Waals surface area (Å²) in [5, 5.41) is 6.26. The average molecular weight is 327 g/mol. The van der Waals surface area contributed by atoms with E-state index in [1.807, 2.05) is 25.2 Å². The van der Waals surface area contributed by atoms with E-state index in [9.17, 15) is 4.79 Å². The van der Waals surface area contributed by atoms with E-state index in [1.165, 1.54) is 0 Å². The van der Waals surface area contributed by atoms with E-state index in [0.29, 0.717) is 6.54 Å². The summed E-state index contributed by atoms with van der Waals surface area (Å²) in [6.07, 6.45) is 4.04. The highest BCUT2D eigenvalue weighted by Crippen LogP contribution is 2.42. The van der Waals surface area contributed by atoms with Crippen molar-refractivity contribution in [2.24, 2.45) is 0 Å². The second kappa shape index (κ2) is 8.39. The van der Waals surface area contributed by atoms with E-state index in [4.69, 9.17) is 4.74 Å². The molecule has 1 aliphatic carbocycles. The second-order valence-electron chi connectivity index (χ2n) is 5.92. The fraction of sp³-hybridized carbons (Fsp3) is 0.588. The average Bonchev–Trinajstić information content (AvgIpc) is 3.03. The first-order valence-electron chi connectivity index (χ1n) is 7.72. The molecule has 1 unspecified atom stereocenters. The third-order valence-electron chi connectivity index (χ3n) is 4.58. The van der Waals surface area contributed by atoms with Crippen LogP contribution in [0.4, 0.5) is 0 Å². The van der Waals surface area contributed by atoms with Gasteiger partial charge in [0.15, 0.2) is 0 Å². The largest absolute Gasteiger partial charge is 0.497 e. The number of hydrogen-bond acceptors (Lipinski definition) is 3. The molecule has 1 aliphatic rings. The molecule has 1 amide bonds. The zero-order chi connectivity index (χ0) is 15.3. The first-order chi connectivity index (χ1) is 10.1. The van der Waals surface area contributed by atoms with Gasteiger partial charge in [-0.2, -0.15) is 0 Å². The van der Waals surface area contributed by atoms with Crippen LogP contribution in [0.25, 0.3) is 0 Å². The SMILES string of the molecule is CNC(C)CNC(=O)C1(c2cccc(OC)c2)CCCC1.Cl. The van der Waals surface area contributed by atoms with Gasteiger partial charge in [0.25, 0.3) is 0 Å². The highest BCUT2D eigenvalue weighted by atomic mass is 35.5. The maximum atomic E-state index is 12.8. The molecule has 0 heterocycles. The van der Waals surface area contributed by atoms with Crippen molar-refractivity contribution in [3.8, 4) is 5.75 Å². The first kappa shape index (κ1) is 18.8. The number of hydrogen-bond donors (Lipinski definition) is 2. The maximum Gasteiger partial charge on any atom is 0.230 e. The zero-order valence-electron chi connectivity index (χ0n) is 13.6. The van der Waals surface area contributed by atoms with Crippen LogP contribution >= 0.6 is 12.4 Å². The van der Waals surface area contributed by atoms with Crippen LogP contribution in [0.1, 0.15) is 38.2 Å². The Hall–Kier alpha value is -1.26. The number of nitrogens with one attached hydrogen (secondary N) is 2. The summed E-state index contributed by atoms with van der Waals surface area (Å²) >= 11 is 0. The molecule has 1 saturated carbocycles. The van der Waals surface area contributed by atoms with Gasteiger partial charge < -0.3 is 15.4 Å². The van der Waals surface area contributed by atoms with Crippen molar-refractivity contribution in [2.75, 3.05) is 20.7 Å². The summed E-state index contributed by atoms with van der Waals surface area (Å²) in [6.45, 7) is 2.72. The number of amides is 1. The second-order valence-corrected chi connectivity index (χ2v) is 5.92. The number of benzene rings is 1. The lowest BCUT2D eigenvalue weighted by Crippen LogP contribution is -2.46. The Labute approximate surface area is 139 Å². The van der Waals surface area contributed by atoms with Gasteiger partial charge in [0.1, 0.15) is 5.75 Å². The monoisotopic (exact) mass is 326 g/mol. The molecule has 1 aromatic carbocycles. The Bertz CT molecular complexity index is 487. The van der Waals surface area contributed by atoms with Crippen molar-refractivity contribution in [2.45, 2.75) is 44.1 Å². The van der Waals surface area contributed by atoms with E-state index in [1.54, 1.807) is 7.11 Å². The summed E-state index contributed by atoms with van der Waals surface area (Å²) in [5.41, 5.74) is 0.691. The van der Waals surface area contributed by atoms with Crippen LogP contribution in [-0.2, 0) is 10.2 Å². The third kappa shape index (κ3) is 3.93. The minimum Gasteiger partial charge on any atom is -0.497 e. The Morgan fingerprint density at radius 2 is 2.05 bits per heavy atom. The van der Waals surface area contributed by atoms with Crippen LogP contribution in [0.2, 0.25) is 0 Å². The molecule has 0 radical (unpaired) electrons. The van der Waals surface area contributed by atoms with Gasteiger partial charge in [0.05, 0.1) is 12.5 Å². The van der Waals surface area contributed by atoms with Gasteiger partial charge in [0.2, 0.25) is 5.91 Å². The maximum absolute atomic E-state index is 12.8. The summed E-state index contributed by atoms with van der Waals surface area (Å²) in [5.74, 6) is 0.963. The van der Waals surface area contributed by atoms with E-state index in [2.05, 4.69) is 23.6 Å². The number of carbonyl (C=O) groups is 1. The molecular weight excluding hydrogens is 300 g/mol. The molecule has 0 aromatic heterocycles. The van der Waals surface area contributed by atoms with Crippen LogP contribution in [0, 0.1) is 0 Å². The van der Waals surface area contributed by atoms with E-state index in [-0.39, 0.29) is 29.8 Å². The van der Waals surface area contributed by atoms with Gasteiger partial charge in [-0.3, -0.25) is 4.79 Å². The van der Waals surface area contributed by atoms with Crippen LogP contribution in [-0.4, -0.2) is 32.7 Å². The molecule has 0 spiro atoms. The van der Waals surface area contributed by atoms with Crippen molar-refractivity contribution in [1.29, 1.82) is 0 Å². The molecule has 5 heteroatoms. The summed E-state index contributed by atoms with van der Waals surface area (Å²) in [6, 6.07) is 8.23. The molecule has 0 saturated heterocycles. The van der Waals surface area contributed by atoms with Crippen molar-refractivity contribution in [1.82, 2.24) is 10.6 Å². The molecule has 4 nitrogen and oxygen atoms in total. The Kier molecular flexibility index (Phi) is 7.17. The smallest absolute Gasteiger partial charge is 0.230 e. The molecule has 124 valence electrons. The van der Waals surface area contributed by atoms with E-state index >= 15 is 0 Å². The predicted molar refractivity (Wildman–Crippen MR) is 91.9 cm³/mol. The standard InChI is InChI=1S/C17H26N2O2.ClH/c1-13(18-2)12-19-16(20)17(9-4-5-10-17)14-7-6-8-15(11-14)21-3;/h6-8,11,13,18H,4-5,9-10,12H2,1-3H3,(H,19,20);1H. The number of rotatable bonds is 6. The molecule has 2 N–H and O–H groups in total. The fourth-order valence-corrected chi connectivity index (χ4v) is 3.06. The lowest BCUT2D eigenvalue weighted by molar-refractivity contribution is -0.126. The zero-order valence-corrected chi connectivity index (χ0v) is 14.5. The van der Waals surface area contributed by atoms with Crippen molar-refractivity contribution in [3.63, 3.8) is 0 Å². The summed E-state index contributed by atoms with van der Waals surface area (Å²) in [4.78, 5) is 12.8. The van der Waals surface area contributed by atoms with Crippen molar-refractivity contribution < 1.29 is 9.53 Å². The van der Waals surface area contributed by atoms with Crippen molar-refractivity contribution >= 4 is 18.3 Å². The van der Waals surface area contributed by atoms with Gasteiger partial charge in [-0.15, -0.1) is 12.4 Å². The number of likely N-dealkylation sites (N-methyl/N-ethyl adjacent to an activating group) is 1. The fourth-order valence-electron chi connectivity index (χ4n) is 3.06. The number of carbonyl (C=O) groups excluding carboxylic acids is 1. The minimum atomic E-state index is -0.387. The lowest BCUT2D eigenvalue weighted by atomic mass is 9.78.